The van der Waals surface area contributed by atoms with Crippen LogP contribution in [0.1, 0.15) is 76.3 Å². The molecule has 1 rings (SSSR count). The fraction of sp³-hybridized carbons (Fsp3) is 0.647. The fourth-order valence-electron chi connectivity index (χ4n) is 2.56. The van der Waals surface area contributed by atoms with Crippen molar-refractivity contribution in [2.24, 2.45) is 5.84 Å². The lowest BCUT2D eigenvalue weighted by Crippen LogP contribution is -2.28. The van der Waals surface area contributed by atoms with E-state index in [0.717, 1.165) is 18.4 Å². The zero-order chi connectivity index (χ0) is 15.5. The van der Waals surface area contributed by atoms with Crippen molar-refractivity contribution in [3.05, 3.63) is 34.1 Å². The molecule has 0 radical (unpaired) electrons. The van der Waals surface area contributed by atoms with E-state index in [-0.39, 0.29) is 11.9 Å². The van der Waals surface area contributed by atoms with Gasteiger partial charge >= 0.3 is 0 Å². The molecule has 1 aromatic carbocycles. The van der Waals surface area contributed by atoms with Crippen molar-refractivity contribution in [2.45, 2.75) is 70.8 Å². The first kappa shape index (κ1) is 18.6. The minimum absolute atomic E-state index is 0.0991. The van der Waals surface area contributed by atoms with Gasteiger partial charge in [0.2, 0.25) is 0 Å². The van der Waals surface area contributed by atoms with Crippen LogP contribution in [-0.4, -0.2) is 0 Å². The number of unbranched alkanes of at least 4 members (excludes halogenated alkanes) is 7. The van der Waals surface area contributed by atoms with Gasteiger partial charge in [0.25, 0.3) is 0 Å². The Bertz CT molecular complexity index is 398. The maximum Gasteiger partial charge on any atom is 0.137 e. The second-order valence-corrected chi connectivity index (χ2v) is 6.51. The number of nitrogens with two attached hydrogens (primary N) is 1. The predicted molar refractivity (Wildman–Crippen MR) is 91.4 cm³/mol. The Hall–Kier alpha value is -0.450. The highest BCUT2D eigenvalue weighted by Crippen LogP contribution is 2.24. The molecule has 1 unspecified atom stereocenters. The second kappa shape index (κ2) is 11.2. The summed E-state index contributed by atoms with van der Waals surface area (Å²) >= 11 is 3.22. The monoisotopic (exact) mass is 358 g/mol. The van der Waals surface area contributed by atoms with Crippen molar-refractivity contribution in [1.82, 2.24) is 5.43 Å². The number of hydrogen-bond donors (Lipinski definition) is 2. The first-order chi connectivity index (χ1) is 10.2. The molecule has 1 atom stereocenters. The molecule has 0 spiro atoms. The van der Waals surface area contributed by atoms with Crippen LogP contribution < -0.4 is 11.3 Å². The summed E-state index contributed by atoms with van der Waals surface area (Å²) in [6.07, 6.45) is 11.4. The first-order valence-corrected chi connectivity index (χ1v) is 8.89. The highest BCUT2D eigenvalue weighted by atomic mass is 79.9. The molecule has 0 aliphatic rings. The SMILES string of the molecule is CCCCCCCCCCC(NN)c1ccc(F)c(Br)c1. The van der Waals surface area contributed by atoms with Crippen LogP contribution >= 0.6 is 15.9 Å². The summed E-state index contributed by atoms with van der Waals surface area (Å²) in [6.45, 7) is 2.24. The van der Waals surface area contributed by atoms with Crippen molar-refractivity contribution < 1.29 is 4.39 Å². The minimum atomic E-state index is -0.235. The molecule has 0 aromatic heterocycles. The molecular formula is C17H28BrFN2. The molecule has 120 valence electrons. The molecule has 1 aromatic rings. The van der Waals surface area contributed by atoms with Crippen LogP contribution in [0.25, 0.3) is 0 Å². The van der Waals surface area contributed by atoms with Crippen LogP contribution in [0, 0.1) is 5.82 Å². The lowest BCUT2D eigenvalue weighted by molar-refractivity contribution is 0.474. The Morgan fingerprint density at radius 2 is 1.71 bits per heavy atom. The summed E-state index contributed by atoms with van der Waals surface area (Å²) in [7, 11) is 0. The van der Waals surface area contributed by atoms with Gasteiger partial charge in [0.1, 0.15) is 5.82 Å². The third-order valence-electron chi connectivity index (χ3n) is 3.89. The summed E-state index contributed by atoms with van der Waals surface area (Å²) in [5, 5.41) is 0. The van der Waals surface area contributed by atoms with Gasteiger partial charge in [-0.3, -0.25) is 11.3 Å². The topological polar surface area (TPSA) is 38.0 Å². The van der Waals surface area contributed by atoms with E-state index in [2.05, 4.69) is 28.3 Å². The average molecular weight is 359 g/mol. The Morgan fingerprint density at radius 3 is 2.29 bits per heavy atom. The van der Waals surface area contributed by atoms with Crippen LogP contribution in [0.5, 0.6) is 0 Å². The van der Waals surface area contributed by atoms with Crippen molar-refractivity contribution in [2.75, 3.05) is 0 Å². The quantitative estimate of drug-likeness (QED) is 0.306. The number of hydrazine groups is 1. The van der Waals surface area contributed by atoms with E-state index < -0.39 is 0 Å². The van der Waals surface area contributed by atoms with Gasteiger partial charge in [-0.15, -0.1) is 0 Å². The lowest BCUT2D eigenvalue weighted by atomic mass is 10.00. The number of halogens is 2. The van der Waals surface area contributed by atoms with E-state index in [4.69, 9.17) is 5.84 Å². The van der Waals surface area contributed by atoms with E-state index in [1.807, 2.05) is 6.07 Å². The van der Waals surface area contributed by atoms with Crippen LogP contribution in [0.3, 0.4) is 0 Å². The number of hydrogen-bond acceptors (Lipinski definition) is 2. The average Bonchev–Trinajstić information content (AvgIpc) is 2.49. The Morgan fingerprint density at radius 1 is 1.10 bits per heavy atom. The van der Waals surface area contributed by atoms with Gasteiger partial charge in [-0.25, -0.2) is 4.39 Å². The summed E-state index contributed by atoms with van der Waals surface area (Å²) in [6, 6.07) is 5.19. The summed E-state index contributed by atoms with van der Waals surface area (Å²) < 4.78 is 13.7. The molecule has 0 saturated heterocycles. The fourth-order valence-corrected chi connectivity index (χ4v) is 2.95. The molecule has 0 fully saturated rings. The summed E-state index contributed by atoms with van der Waals surface area (Å²) in [4.78, 5) is 0. The lowest BCUT2D eigenvalue weighted by Gasteiger charge is -2.16. The molecule has 2 nitrogen and oxygen atoms in total. The standard InChI is InChI=1S/C17H28BrFN2/c1-2-3-4-5-6-7-8-9-10-17(21-20)14-11-12-16(19)15(18)13-14/h11-13,17,21H,2-10,20H2,1H3. The third-order valence-corrected chi connectivity index (χ3v) is 4.50. The molecule has 0 aliphatic heterocycles. The maximum atomic E-state index is 13.2. The van der Waals surface area contributed by atoms with Gasteiger partial charge in [0.15, 0.2) is 0 Å². The van der Waals surface area contributed by atoms with Crippen molar-refractivity contribution in [3.8, 4) is 0 Å². The van der Waals surface area contributed by atoms with Gasteiger partial charge in [0, 0.05) is 6.04 Å². The van der Waals surface area contributed by atoms with Crippen LogP contribution in [0.15, 0.2) is 22.7 Å². The van der Waals surface area contributed by atoms with Gasteiger partial charge in [-0.2, -0.15) is 0 Å². The smallest absolute Gasteiger partial charge is 0.137 e. The highest BCUT2D eigenvalue weighted by molar-refractivity contribution is 9.10. The van der Waals surface area contributed by atoms with E-state index >= 15 is 0 Å². The molecule has 0 aliphatic carbocycles. The number of nitrogens with one attached hydrogen (secondary N) is 1. The molecule has 0 bridgehead atoms. The first-order valence-electron chi connectivity index (χ1n) is 8.10. The van der Waals surface area contributed by atoms with E-state index in [1.165, 1.54) is 51.0 Å². The van der Waals surface area contributed by atoms with Gasteiger partial charge < -0.3 is 0 Å². The second-order valence-electron chi connectivity index (χ2n) is 5.66. The normalized spacial score (nSPS) is 12.6. The molecule has 0 heterocycles. The van der Waals surface area contributed by atoms with Crippen molar-refractivity contribution >= 4 is 15.9 Å². The summed E-state index contributed by atoms with van der Waals surface area (Å²) in [5.74, 6) is 5.39. The van der Waals surface area contributed by atoms with Gasteiger partial charge in [-0.05, 0) is 40.0 Å². The highest BCUT2D eigenvalue weighted by Gasteiger charge is 2.11. The van der Waals surface area contributed by atoms with Crippen LogP contribution in [0.2, 0.25) is 0 Å². The molecule has 0 saturated carbocycles. The Balaban J connectivity index is 2.23. The Kier molecular flexibility index (Phi) is 9.89. The molecular weight excluding hydrogens is 331 g/mol. The predicted octanol–water partition coefficient (Wildman–Crippen LogP) is 5.62. The van der Waals surface area contributed by atoms with E-state index in [9.17, 15) is 4.39 Å². The Labute approximate surface area is 136 Å². The van der Waals surface area contributed by atoms with Crippen LogP contribution in [-0.2, 0) is 0 Å². The summed E-state index contributed by atoms with van der Waals surface area (Å²) in [5.41, 5.74) is 3.88. The van der Waals surface area contributed by atoms with Gasteiger partial charge in [-0.1, -0.05) is 64.4 Å². The number of rotatable bonds is 11. The zero-order valence-electron chi connectivity index (χ0n) is 13.0. The van der Waals surface area contributed by atoms with E-state index in [1.54, 1.807) is 6.07 Å². The molecule has 3 N–H and O–H groups in total. The minimum Gasteiger partial charge on any atom is -0.271 e. The third kappa shape index (κ3) is 7.39. The van der Waals surface area contributed by atoms with Gasteiger partial charge in [0.05, 0.1) is 4.47 Å². The molecule has 0 amide bonds. The number of benzene rings is 1. The van der Waals surface area contributed by atoms with Crippen molar-refractivity contribution in [1.29, 1.82) is 0 Å². The molecule has 21 heavy (non-hydrogen) atoms. The maximum absolute atomic E-state index is 13.2. The zero-order valence-corrected chi connectivity index (χ0v) is 14.6. The molecule has 4 heteroatoms. The van der Waals surface area contributed by atoms with E-state index in [0.29, 0.717) is 4.47 Å². The van der Waals surface area contributed by atoms with Crippen molar-refractivity contribution in [3.63, 3.8) is 0 Å². The van der Waals surface area contributed by atoms with Crippen LogP contribution in [0.4, 0.5) is 4.39 Å². The largest absolute Gasteiger partial charge is 0.271 e.